The lowest BCUT2D eigenvalue weighted by Gasteiger charge is -2.33. The van der Waals surface area contributed by atoms with Gasteiger partial charge < -0.3 is 4.90 Å². The molecule has 1 saturated heterocycles. The highest BCUT2D eigenvalue weighted by Crippen LogP contribution is 2.18. The van der Waals surface area contributed by atoms with Crippen molar-refractivity contribution in [2.24, 2.45) is 0 Å². The van der Waals surface area contributed by atoms with E-state index < -0.39 is 10.0 Å². The van der Waals surface area contributed by atoms with Gasteiger partial charge in [0.05, 0.1) is 11.3 Å². The summed E-state index contributed by atoms with van der Waals surface area (Å²) in [5.41, 5.74) is 1.31. The van der Waals surface area contributed by atoms with E-state index in [0.717, 1.165) is 0 Å². The first kappa shape index (κ1) is 16.0. The van der Waals surface area contributed by atoms with Crippen molar-refractivity contribution >= 4 is 27.5 Å². The van der Waals surface area contributed by atoms with Crippen molar-refractivity contribution in [2.45, 2.75) is 11.8 Å². The number of nitrogens with zero attached hydrogens (tertiary/aromatic N) is 4. The van der Waals surface area contributed by atoms with Crippen LogP contribution in [-0.2, 0) is 10.0 Å². The molecule has 2 aromatic heterocycles. The Bertz CT molecular complexity index is 796. The smallest absolute Gasteiger partial charge is 0.256 e. The predicted octanol–water partition coefficient (Wildman–Crippen LogP) is 0.993. The van der Waals surface area contributed by atoms with E-state index in [1.165, 1.54) is 34.3 Å². The molecule has 0 unspecified atom stereocenters. The van der Waals surface area contributed by atoms with E-state index in [0.29, 0.717) is 24.3 Å². The van der Waals surface area contributed by atoms with Gasteiger partial charge in [0.2, 0.25) is 10.0 Å². The molecule has 0 atom stereocenters. The molecule has 0 N–H and O–H groups in total. The van der Waals surface area contributed by atoms with E-state index in [1.54, 1.807) is 23.3 Å². The maximum absolute atomic E-state index is 12.5. The molecule has 3 heterocycles. The molecular weight excluding hydrogens is 336 g/mol. The number of aromatic nitrogens is 2. The Morgan fingerprint density at radius 2 is 2.00 bits per heavy atom. The van der Waals surface area contributed by atoms with Gasteiger partial charge in [0, 0.05) is 44.0 Å². The highest BCUT2D eigenvalue weighted by molar-refractivity contribution is 7.89. The van der Waals surface area contributed by atoms with Crippen molar-refractivity contribution < 1.29 is 13.2 Å². The van der Waals surface area contributed by atoms with Crippen LogP contribution in [0.4, 0.5) is 0 Å². The number of carbonyl (C=O) groups is 1. The van der Waals surface area contributed by atoms with Gasteiger partial charge in [-0.25, -0.2) is 8.42 Å². The van der Waals surface area contributed by atoms with Crippen LogP contribution in [0.5, 0.6) is 0 Å². The summed E-state index contributed by atoms with van der Waals surface area (Å²) in [6, 6.07) is 3.12. The lowest BCUT2D eigenvalue weighted by molar-refractivity contribution is 0.0697. The van der Waals surface area contributed by atoms with Crippen molar-refractivity contribution in [3.63, 3.8) is 0 Å². The Morgan fingerprint density at radius 1 is 1.26 bits per heavy atom. The molecule has 23 heavy (non-hydrogen) atoms. The van der Waals surface area contributed by atoms with Crippen LogP contribution in [0, 0.1) is 6.92 Å². The van der Waals surface area contributed by atoms with Crippen molar-refractivity contribution in [1.82, 2.24) is 18.6 Å². The molecule has 1 aliphatic heterocycles. The summed E-state index contributed by atoms with van der Waals surface area (Å²) in [5.74, 6) is -0.0883. The van der Waals surface area contributed by atoms with Crippen LogP contribution < -0.4 is 0 Å². The number of sulfonamides is 1. The van der Waals surface area contributed by atoms with Crippen LogP contribution in [0.2, 0.25) is 0 Å². The van der Waals surface area contributed by atoms with Crippen molar-refractivity contribution in [1.29, 1.82) is 0 Å². The van der Waals surface area contributed by atoms with E-state index in [4.69, 9.17) is 0 Å². The van der Waals surface area contributed by atoms with Crippen LogP contribution in [0.3, 0.4) is 0 Å². The molecule has 0 spiro atoms. The van der Waals surface area contributed by atoms with Gasteiger partial charge in [-0.15, -0.1) is 0 Å². The maximum atomic E-state index is 12.5. The second kappa shape index (κ2) is 6.34. The Kier molecular flexibility index (Phi) is 4.42. The minimum atomic E-state index is -3.55. The zero-order valence-electron chi connectivity index (χ0n) is 12.5. The van der Waals surface area contributed by atoms with Gasteiger partial charge in [0.1, 0.15) is 4.90 Å². The summed E-state index contributed by atoms with van der Waals surface area (Å²) in [6.45, 7) is 3.09. The minimum absolute atomic E-state index is 0.0883. The summed E-state index contributed by atoms with van der Waals surface area (Å²) in [7, 11) is -3.55. The number of hydrogen-bond acceptors (Lipinski definition) is 6. The zero-order valence-corrected chi connectivity index (χ0v) is 14.2. The molecule has 122 valence electrons. The number of carbonyl (C=O) groups excluding carboxylic acids is 1. The van der Waals surface area contributed by atoms with Crippen molar-refractivity contribution in [2.75, 3.05) is 26.2 Å². The van der Waals surface area contributed by atoms with Crippen LogP contribution >= 0.6 is 11.5 Å². The highest BCUT2D eigenvalue weighted by atomic mass is 32.2. The molecule has 0 aliphatic carbocycles. The third-order valence-corrected chi connectivity index (χ3v) is 6.38. The number of rotatable bonds is 3. The summed E-state index contributed by atoms with van der Waals surface area (Å²) in [6.07, 6.45) is 2.88. The molecule has 1 aliphatic rings. The summed E-state index contributed by atoms with van der Waals surface area (Å²) >= 11 is 1.25. The van der Waals surface area contributed by atoms with E-state index >= 15 is 0 Å². The van der Waals surface area contributed by atoms with Crippen LogP contribution in [-0.4, -0.2) is 59.1 Å². The first-order chi connectivity index (χ1) is 11.0. The molecule has 0 aromatic carbocycles. The van der Waals surface area contributed by atoms with E-state index in [9.17, 15) is 13.2 Å². The van der Waals surface area contributed by atoms with Gasteiger partial charge in [0.15, 0.2) is 0 Å². The quantitative estimate of drug-likeness (QED) is 0.823. The number of piperazine rings is 1. The average Bonchev–Trinajstić information content (AvgIpc) is 3.01. The third-order valence-electron chi connectivity index (χ3n) is 3.78. The van der Waals surface area contributed by atoms with E-state index in [-0.39, 0.29) is 23.9 Å². The Balaban J connectivity index is 1.69. The maximum Gasteiger partial charge on any atom is 0.256 e. The molecular formula is C14H16N4O3S2. The average molecular weight is 352 g/mol. The minimum Gasteiger partial charge on any atom is -0.336 e. The van der Waals surface area contributed by atoms with E-state index in [2.05, 4.69) is 9.36 Å². The Labute approximate surface area is 138 Å². The van der Waals surface area contributed by atoms with Crippen LogP contribution in [0.1, 0.15) is 16.1 Å². The molecule has 7 nitrogen and oxygen atoms in total. The molecule has 3 rings (SSSR count). The predicted molar refractivity (Wildman–Crippen MR) is 85.8 cm³/mol. The topological polar surface area (TPSA) is 83.5 Å². The second-order valence-electron chi connectivity index (χ2n) is 5.20. The van der Waals surface area contributed by atoms with Crippen molar-refractivity contribution in [3.8, 4) is 0 Å². The normalized spacial score (nSPS) is 16.5. The first-order valence-corrected chi connectivity index (χ1v) is 9.38. The Hall–Kier alpha value is -1.84. The number of pyridine rings is 1. The first-order valence-electron chi connectivity index (χ1n) is 7.10. The number of aryl methyl sites for hydroxylation is 1. The monoisotopic (exact) mass is 352 g/mol. The van der Waals surface area contributed by atoms with Gasteiger partial charge in [-0.1, -0.05) is 0 Å². The molecule has 0 radical (unpaired) electrons. The van der Waals surface area contributed by atoms with Gasteiger partial charge >= 0.3 is 0 Å². The van der Waals surface area contributed by atoms with Gasteiger partial charge in [-0.2, -0.15) is 8.68 Å². The fourth-order valence-corrected chi connectivity index (χ4v) is 4.52. The number of amides is 1. The van der Waals surface area contributed by atoms with Crippen LogP contribution in [0.15, 0.2) is 34.8 Å². The van der Waals surface area contributed by atoms with Gasteiger partial charge in [0.25, 0.3) is 5.91 Å². The molecule has 0 bridgehead atoms. The zero-order chi connectivity index (χ0) is 16.4. The second-order valence-corrected chi connectivity index (χ2v) is 7.77. The molecule has 2 aromatic rings. The largest absolute Gasteiger partial charge is 0.336 e. The fraction of sp³-hybridized carbons (Fsp3) is 0.357. The highest BCUT2D eigenvalue weighted by Gasteiger charge is 2.31. The third kappa shape index (κ3) is 3.12. The number of hydrogen-bond donors (Lipinski definition) is 0. The summed E-state index contributed by atoms with van der Waals surface area (Å²) in [4.78, 5) is 18.1. The summed E-state index contributed by atoms with van der Waals surface area (Å²) < 4.78 is 30.5. The van der Waals surface area contributed by atoms with Crippen molar-refractivity contribution in [3.05, 3.63) is 41.2 Å². The van der Waals surface area contributed by atoms with Gasteiger partial charge in [-0.3, -0.25) is 9.78 Å². The SMILES string of the molecule is Cc1nscc1C(=O)N1CCN(S(=O)(=O)c2cccnc2)CC1. The fourth-order valence-electron chi connectivity index (χ4n) is 2.45. The lowest BCUT2D eigenvalue weighted by Crippen LogP contribution is -2.50. The van der Waals surface area contributed by atoms with Crippen LogP contribution in [0.25, 0.3) is 0 Å². The van der Waals surface area contributed by atoms with Gasteiger partial charge in [-0.05, 0) is 30.6 Å². The molecule has 1 fully saturated rings. The molecule has 9 heteroatoms. The summed E-state index contributed by atoms with van der Waals surface area (Å²) in [5, 5.41) is 1.73. The Morgan fingerprint density at radius 3 is 2.57 bits per heavy atom. The lowest BCUT2D eigenvalue weighted by atomic mass is 10.2. The molecule has 0 saturated carbocycles. The standard InChI is InChI=1S/C14H16N4O3S2/c1-11-13(10-22-16-11)14(19)17-5-7-18(8-6-17)23(20,21)12-3-2-4-15-9-12/h2-4,9-10H,5-8H2,1H3. The molecule has 1 amide bonds. The van der Waals surface area contributed by atoms with E-state index in [1.807, 2.05) is 0 Å².